The van der Waals surface area contributed by atoms with Gasteiger partial charge in [0.15, 0.2) is 0 Å². The molecule has 0 unspecified atom stereocenters. The topological polar surface area (TPSA) is 692 Å². The maximum absolute atomic E-state index is 14.0. The molecule has 0 saturated heterocycles. The van der Waals surface area contributed by atoms with Crippen LogP contribution in [0.15, 0.2) is 0 Å². The number of aliphatic carboxylic acids is 4. The number of hydrogen-bond donors (Lipinski definition) is 23. The largest absolute Gasteiger partial charge is 0.481 e. The lowest BCUT2D eigenvalue weighted by atomic mass is 9.97. The molecule has 0 aromatic rings. The summed E-state index contributed by atoms with van der Waals surface area (Å²) in [7, 11) is 0. The molecule has 594 valence electrons. The second-order valence-corrected chi connectivity index (χ2v) is 26.0. The number of nitrogens with one attached hydrogen (secondary N) is 14. The van der Waals surface area contributed by atoms with E-state index in [2.05, 4.69) is 74.4 Å². The number of amides is 15. The predicted molar refractivity (Wildman–Crippen MR) is 366 cm³/mol. The molecule has 0 saturated carbocycles. The van der Waals surface area contributed by atoms with Crippen molar-refractivity contribution in [3.63, 3.8) is 0 Å². The number of hydrogen-bond acceptors (Lipinski definition) is 23. The Labute approximate surface area is 605 Å². The molecule has 0 aliphatic heterocycles. The molecule has 0 aromatic heterocycles. The van der Waals surface area contributed by atoms with Crippen molar-refractivity contribution in [3.05, 3.63) is 0 Å². The van der Waals surface area contributed by atoms with Gasteiger partial charge in [-0.15, -0.1) is 0 Å². The van der Waals surface area contributed by atoms with Gasteiger partial charge < -0.3 is 122 Å². The zero-order chi connectivity index (χ0) is 80.7. The highest BCUT2D eigenvalue weighted by Crippen LogP contribution is 2.14. The first-order valence-electron chi connectivity index (χ1n) is 34.0. The van der Waals surface area contributed by atoms with Gasteiger partial charge in [-0.1, -0.05) is 61.8 Å². The van der Waals surface area contributed by atoms with Gasteiger partial charge in [-0.05, 0) is 89.0 Å². The summed E-state index contributed by atoms with van der Waals surface area (Å²) in [6, 6.07) is -19.1. The third kappa shape index (κ3) is 37.7. The fourth-order valence-corrected chi connectivity index (χ4v) is 9.55. The highest BCUT2D eigenvalue weighted by atomic mass is 16.4. The van der Waals surface area contributed by atoms with Crippen LogP contribution in [-0.2, 0) is 91.1 Å². The van der Waals surface area contributed by atoms with Crippen molar-refractivity contribution < 1.29 is 122 Å². The van der Waals surface area contributed by atoms with Crippen molar-refractivity contribution in [1.82, 2.24) is 74.4 Å². The molecule has 0 bridgehead atoms. The molecular formula is C63H107N17O25. The highest BCUT2D eigenvalue weighted by Gasteiger charge is 2.38. The third-order valence-electron chi connectivity index (χ3n) is 15.7. The number of carbonyl (C=O) groups is 19. The van der Waals surface area contributed by atoms with Crippen LogP contribution in [-0.4, -0.2) is 255 Å². The summed E-state index contributed by atoms with van der Waals surface area (Å²) in [5.74, 6) is -23.6. The second-order valence-electron chi connectivity index (χ2n) is 26.0. The summed E-state index contributed by atoms with van der Waals surface area (Å²) >= 11 is 0. The molecule has 42 nitrogen and oxygen atoms in total. The Bertz CT molecular complexity index is 3040. The standard InChI is InChI=1S/C63H107N17O25/c1-11-31(8)50(63(104)105)79-58(99)39(22-28(2)3)72-43(85)25-69-60(101)51(33(10)82)80-59(100)40(27-81)76-61(102)49(30(6)7)78-62(103)48(29(4)5)77-44(86)26-67-52(93)32(9)70-54(95)35(14-12-13-21-64)73-56(97)37(16-19-45(87)88)75-57(98)38(17-20-46(89)90)74-55(96)36(15-18-41(66)83)71-42(84)24-68-53(94)34(65)23-47(91)92/h28-40,48-51,81-82H,11-27,64-65H2,1-10H3,(H2,66,83)(H,67,93)(H,68,94)(H,69,101)(H,70,95)(H,71,84)(H,72,85)(H,73,97)(H,74,96)(H,75,98)(H,76,102)(H,77,86)(H,78,103)(H,79,99)(H,80,100)(H,87,88)(H,89,90)(H,91,92)(H,104,105)/t31-,32-,33+,34-,35-,36-,37-,38-,39-,40-,48-,49-,50-,51-/m0/s1. The molecular weight excluding hydrogens is 1390 g/mol. The number of primary amides is 1. The Morgan fingerprint density at radius 3 is 1.20 bits per heavy atom. The average Bonchev–Trinajstić information content (AvgIpc) is 0.880. The fraction of sp³-hybridized carbons (Fsp3) is 0.698. The maximum Gasteiger partial charge on any atom is 0.326 e. The van der Waals surface area contributed by atoms with Crippen molar-refractivity contribution in [2.45, 2.75) is 225 Å². The van der Waals surface area contributed by atoms with Crippen LogP contribution < -0.4 is 91.6 Å². The van der Waals surface area contributed by atoms with E-state index in [1.807, 2.05) is 0 Å². The van der Waals surface area contributed by atoms with Crippen molar-refractivity contribution in [1.29, 1.82) is 0 Å². The van der Waals surface area contributed by atoms with Gasteiger partial charge >= 0.3 is 23.9 Å². The lowest BCUT2D eigenvalue weighted by Crippen LogP contribution is -2.62. The highest BCUT2D eigenvalue weighted by molar-refractivity contribution is 6.00. The molecule has 26 N–H and O–H groups in total. The number of carboxylic acids is 4. The summed E-state index contributed by atoms with van der Waals surface area (Å²) in [6.07, 6.45) is -5.79. The first-order valence-corrected chi connectivity index (χ1v) is 34.0. The van der Waals surface area contributed by atoms with Crippen LogP contribution in [0.5, 0.6) is 0 Å². The summed E-state index contributed by atoms with van der Waals surface area (Å²) in [5, 5.41) is 90.5. The quantitative estimate of drug-likeness (QED) is 0.0252. The molecule has 0 radical (unpaired) electrons. The minimum Gasteiger partial charge on any atom is -0.481 e. The van der Waals surface area contributed by atoms with Crippen LogP contribution in [0.1, 0.15) is 146 Å². The Balaban J connectivity index is 6.28. The van der Waals surface area contributed by atoms with E-state index in [1.54, 1.807) is 27.7 Å². The predicted octanol–water partition coefficient (Wildman–Crippen LogP) is -8.52. The summed E-state index contributed by atoms with van der Waals surface area (Å²) < 4.78 is 0. The molecule has 0 aliphatic carbocycles. The van der Waals surface area contributed by atoms with Crippen LogP contribution in [0.4, 0.5) is 0 Å². The summed E-state index contributed by atoms with van der Waals surface area (Å²) in [4.78, 5) is 246. The zero-order valence-corrected chi connectivity index (χ0v) is 60.5. The number of nitrogens with two attached hydrogens (primary N) is 3. The molecule has 0 aliphatic rings. The molecule has 0 rings (SSSR count). The SMILES string of the molecule is CC[C@H](C)[C@H](NC(=O)[C@H](CC(C)C)NC(=O)CNC(=O)[C@@H](NC(=O)[C@H](CO)NC(=O)[C@@H](NC(=O)[C@@H](NC(=O)CNC(=O)[C@H](C)NC(=O)[C@H](CCCCN)NC(=O)[C@H](CCC(=O)O)NC(=O)[C@H](CCC(=O)O)NC(=O)[C@H](CCC(N)=O)NC(=O)CNC(=O)[C@@H](N)CC(=O)O)C(C)C)C(C)C)[C@@H](C)O)C(=O)O. The molecule has 0 heterocycles. The minimum absolute atomic E-state index is 0.0781. The van der Waals surface area contributed by atoms with Gasteiger partial charge in [0.2, 0.25) is 88.6 Å². The van der Waals surface area contributed by atoms with E-state index in [0.29, 0.717) is 6.42 Å². The zero-order valence-electron chi connectivity index (χ0n) is 60.5. The van der Waals surface area contributed by atoms with Crippen molar-refractivity contribution in [3.8, 4) is 0 Å². The van der Waals surface area contributed by atoms with Gasteiger partial charge in [0, 0.05) is 19.3 Å². The number of carboxylic acid groups (broad SMARTS) is 4. The second kappa shape index (κ2) is 48.7. The first kappa shape index (κ1) is 94.8. The number of unbranched alkanes of at least 4 members (excludes halogenated alkanes) is 1. The van der Waals surface area contributed by atoms with E-state index < -0.39 is 280 Å². The molecule has 105 heavy (non-hydrogen) atoms. The van der Waals surface area contributed by atoms with Crippen LogP contribution in [0.2, 0.25) is 0 Å². The molecule has 14 atom stereocenters. The number of carbonyl (C=O) groups excluding carboxylic acids is 15. The van der Waals surface area contributed by atoms with E-state index in [0.717, 1.165) is 6.92 Å². The molecule has 0 aromatic carbocycles. The van der Waals surface area contributed by atoms with E-state index in [-0.39, 0.29) is 38.1 Å². The Hall–Kier alpha value is -10.2. The first-order chi connectivity index (χ1) is 48.9. The van der Waals surface area contributed by atoms with Crippen LogP contribution in [0.3, 0.4) is 0 Å². The van der Waals surface area contributed by atoms with Gasteiger partial charge in [0.25, 0.3) is 0 Å². The fourth-order valence-electron chi connectivity index (χ4n) is 9.55. The van der Waals surface area contributed by atoms with Crippen LogP contribution in [0.25, 0.3) is 0 Å². The van der Waals surface area contributed by atoms with Gasteiger partial charge in [-0.25, -0.2) is 4.79 Å². The lowest BCUT2D eigenvalue weighted by molar-refractivity contribution is -0.144. The van der Waals surface area contributed by atoms with E-state index in [1.165, 1.54) is 34.6 Å². The summed E-state index contributed by atoms with van der Waals surface area (Å²) in [6.45, 7) is 11.7. The molecule has 15 amide bonds. The smallest absolute Gasteiger partial charge is 0.326 e. The van der Waals surface area contributed by atoms with Gasteiger partial charge in [0.1, 0.15) is 66.5 Å². The van der Waals surface area contributed by atoms with E-state index in [4.69, 9.17) is 22.3 Å². The van der Waals surface area contributed by atoms with E-state index in [9.17, 15) is 117 Å². The maximum atomic E-state index is 14.0. The van der Waals surface area contributed by atoms with Gasteiger partial charge in [0.05, 0.1) is 44.8 Å². The summed E-state index contributed by atoms with van der Waals surface area (Å²) in [5.41, 5.74) is 16.4. The Morgan fingerprint density at radius 2 is 0.771 bits per heavy atom. The molecule has 0 fully saturated rings. The van der Waals surface area contributed by atoms with Gasteiger partial charge in [-0.3, -0.25) is 86.3 Å². The van der Waals surface area contributed by atoms with Crippen molar-refractivity contribution in [2.75, 3.05) is 32.8 Å². The van der Waals surface area contributed by atoms with E-state index >= 15 is 0 Å². The van der Waals surface area contributed by atoms with Gasteiger partial charge in [-0.2, -0.15) is 0 Å². The third-order valence-corrected chi connectivity index (χ3v) is 15.7. The van der Waals surface area contributed by atoms with Crippen molar-refractivity contribution in [2.24, 2.45) is 40.9 Å². The van der Waals surface area contributed by atoms with Crippen LogP contribution >= 0.6 is 0 Å². The number of aliphatic hydroxyl groups excluding tert-OH is 2. The molecule has 0 spiro atoms. The Morgan fingerprint density at radius 1 is 0.390 bits per heavy atom. The number of aliphatic hydroxyl groups is 2. The minimum atomic E-state index is -1.87. The van der Waals surface area contributed by atoms with Crippen molar-refractivity contribution >= 4 is 112 Å². The normalized spacial score (nSPS) is 15.1. The number of rotatable bonds is 52. The monoisotopic (exact) mass is 1500 g/mol. The van der Waals surface area contributed by atoms with Crippen LogP contribution in [0, 0.1) is 23.7 Å². The Kier molecular flexibility index (Phi) is 43.9. The molecule has 42 heteroatoms. The average molecular weight is 1500 g/mol. The lowest BCUT2D eigenvalue weighted by Gasteiger charge is -2.29.